The number of carbonyl (C=O) groups is 3. The van der Waals surface area contributed by atoms with E-state index in [2.05, 4.69) is 5.16 Å². The van der Waals surface area contributed by atoms with Crippen LogP contribution in [0.1, 0.15) is 46.6 Å². The van der Waals surface area contributed by atoms with Crippen molar-refractivity contribution in [3.8, 4) is 0 Å². The molecular formula is C28H35NO12. The van der Waals surface area contributed by atoms with Gasteiger partial charge in [-0.15, -0.1) is 0 Å². The summed E-state index contributed by atoms with van der Waals surface area (Å²) in [6.07, 6.45) is -6.87. The Morgan fingerprint density at radius 3 is 2.27 bits per heavy atom. The summed E-state index contributed by atoms with van der Waals surface area (Å²) in [7, 11) is 0. The van der Waals surface area contributed by atoms with E-state index in [1.807, 2.05) is 44.2 Å². The van der Waals surface area contributed by atoms with E-state index in [-0.39, 0.29) is 13.0 Å². The molecule has 9 atom stereocenters. The molecule has 0 bridgehead atoms. The average Bonchev–Trinajstić information content (AvgIpc) is 3.57. The lowest BCUT2D eigenvalue weighted by Gasteiger charge is -2.40. The van der Waals surface area contributed by atoms with Crippen LogP contribution in [-0.2, 0) is 63.7 Å². The molecule has 0 saturated carbocycles. The highest BCUT2D eigenvalue weighted by atomic mass is 16.8. The van der Waals surface area contributed by atoms with Gasteiger partial charge in [-0.1, -0.05) is 35.5 Å². The molecule has 3 saturated heterocycles. The Morgan fingerprint density at radius 2 is 1.59 bits per heavy atom. The summed E-state index contributed by atoms with van der Waals surface area (Å²) in [5.41, 5.74) is 1.39. The molecule has 1 aromatic carbocycles. The molecule has 4 aliphatic heterocycles. The van der Waals surface area contributed by atoms with Gasteiger partial charge in [0.2, 0.25) is 0 Å². The van der Waals surface area contributed by atoms with Gasteiger partial charge < -0.3 is 42.7 Å². The molecular weight excluding hydrogens is 542 g/mol. The fourth-order valence-electron chi connectivity index (χ4n) is 5.55. The topological polar surface area (TPSA) is 147 Å². The van der Waals surface area contributed by atoms with Gasteiger partial charge in [0.05, 0.1) is 18.9 Å². The summed E-state index contributed by atoms with van der Waals surface area (Å²) >= 11 is 0. The summed E-state index contributed by atoms with van der Waals surface area (Å²) in [6, 6.07) is 9.72. The maximum atomic E-state index is 12.0. The van der Waals surface area contributed by atoms with Crippen molar-refractivity contribution >= 4 is 23.6 Å². The third-order valence-electron chi connectivity index (χ3n) is 7.07. The SMILES string of the molecule is CC(=O)O[C@@H]1[C@@H](OC(C)=O)[C@H](C2=NO[C@@H]([C@H]3O[C@@H]4OC(C)(C)O[C@@H]4[C@H]3OCc3ccccc3)C2)OC[C@H]1OC(C)=O. The fourth-order valence-corrected chi connectivity index (χ4v) is 5.55. The van der Waals surface area contributed by atoms with E-state index in [1.165, 1.54) is 20.8 Å². The zero-order valence-corrected chi connectivity index (χ0v) is 23.6. The molecule has 13 heteroatoms. The number of carbonyl (C=O) groups excluding carboxylic acids is 3. The molecule has 3 fully saturated rings. The highest BCUT2D eigenvalue weighted by molar-refractivity contribution is 5.91. The number of hydrogen-bond donors (Lipinski definition) is 0. The molecule has 224 valence electrons. The molecule has 0 spiro atoms. The van der Waals surface area contributed by atoms with Crippen molar-refractivity contribution in [2.24, 2.45) is 5.16 Å². The van der Waals surface area contributed by atoms with Gasteiger partial charge in [-0.05, 0) is 19.4 Å². The summed E-state index contributed by atoms with van der Waals surface area (Å²) in [6.45, 7) is 7.47. The van der Waals surface area contributed by atoms with Crippen molar-refractivity contribution in [2.75, 3.05) is 6.61 Å². The monoisotopic (exact) mass is 577 g/mol. The first-order valence-corrected chi connectivity index (χ1v) is 13.5. The summed E-state index contributed by atoms with van der Waals surface area (Å²) in [4.78, 5) is 41.5. The lowest BCUT2D eigenvalue weighted by Crippen LogP contribution is -2.59. The maximum Gasteiger partial charge on any atom is 0.303 e. The van der Waals surface area contributed by atoms with Crippen molar-refractivity contribution < 1.29 is 57.1 Å². The van der Waals surface area contributed by atoms with Gasteiger partial charge in [0.1, 0.15) is 24.4 Å². The Bertz CT molecular complexity index is 1160. The van der Waals surface area contributed by atoms with Gasteiger partial charge >= 0.3 is 17.9 Å². The van der Waals surface area contributed by atoms with Crippen molar-refractivity contribution in [2.45, 2.75) is 109 Å². The average molecular weight is 578 g/mol. The van der Waals surface area contributed by atoms with Gasteiger partial charge in [0.25, 0.3) is 0 Å². The van der Waals surface area contributed by atoms with E-state index in [1.54, 1.807) is 0 Å². The lowest BCUT2D eigenvalue weighted by atomic mass is 9.92. The Kier molecular flexibility index (Phi) is 8.62. The number of oxime groups is 1. The van der Waals surface area contributed by atoms with Crippen LogP contribution >= 0.6 is 0 Å². The third kappa shape index (κ3) is 6.70. The first-order valence-electron chi connectivity index (χ1n) is 13.5. The van der Waals surface area contributed by atoms with Gasteiger partial charge in [0, 0.05) is 27.2 Å². The Balaban J connectivity index is 1.32. The molecule has 4 heterocycles. The Labute approximate surface area is 237 Å². The number of esters is 3. The molecule has 5 rings (SSSR count). The molecule has 0 aliphatic carbocycles. The lowest BCUT2D eigenvalue weighted by molar-refractivity contribution is -0.232. The van der Waals surface area contributed by atoms with Crippen LogP contribution < -0.4 is 0 Å². The zero-order chi connectivity index (χ0) is 29.3. The van der Waals surface area contributed by atoms with Crippen LogP contribution in [0.2, 0.25) is 0 Å². The molecule has 41 heavy (non-hydrogen) atoms. The number of benzene rings is 1. The van der Waals surface area contributed by atoms with E-state index in [9.17, 15) is 14.4 Å². The Morgan fingerprint density at radius 1 is 0.902 bits per heavy atom. The molecule has 4 aliphatic rings. The molecule has 0 unspecified atom stereocenters. The molecule has 0 N–H and O–H groups in total. The minimum Gasteiger partial charge on any atom is -0.456 e. The van der Waals surface area contributed by atoms with Crippen molar-refractivity contribution in [1.82, 2.24) is 0 Å². The van der Waals surface area contributed by atoms with E-state index >= 15 is 0 Å². The van der Waals surface area contributed by atoms with Crippen LogP contribution in [0, 0.1) is 0 Å². The van der Waals surface area contributed by atoms with Crippen LogP contribution in [0.5, 0.6) is 0 Å². The van der Waals surface area contributed by atoms with Crippen LogP contribution in [0.15, 0.2) is 35.5 Å². The van der Waals surface area contributed by atoms with E-state index in [4.69, 9.17) is 42.7 Å². The van der Waals surface area contributed by atoms with Crippen molar-refractivity contribution in [3.05, 3.63) is 35.9 Å². The minimum absolute atomic E-state index is 0.118. The van der Waals surface area contributed by atoms with Crippen molar-refractivity contribution in [1.29, 1.82) is 0 Å². The predicted molar refractivity (Wildman–Crippen MR) is 137 cm³/mol. The van der Waals surface area contributed by atoms with Gasteiger partial charge in [-0.25, -0.2) is 0 Å². The van der Waals surface area contributed by atoms with Gasteiger partial charge in [0.15, 0.2) is 36.5 Å². The fraction of sp³-hybridized carbons (Fsp3) is 0.643. The number of ether oxygens (including phenoxy) is 8. The first-order chi connectivity index (χ1) is 19.5. The van der Waals surface area contributed by atoms with Gasteiger partial charge in [-0.2, -0.15) is 0 Å². The Hall–Kier alpha value is -3.10. The molecule has 0 radical (unpaired) electrons. The minimum atomic E-state index is -1.14. The second kappa shape index (κ2) is 12.0. The maximum absolute atomic E-state index is 12.0. The van der Waals surface area contributed by atoms with E-state index < -0.39 is 78.8 Å². The highest BCUT2D eigenvalue weighted by Crippen LogP contribution is 2.42. The van der Waals surface area contributed by atoms with Crippen LogP contribution in [0.25, 0.3) is 0 Å². The number of nitrogens with zero attached hydrogens (tertiary/aromatic N) is 1. The molecule has 0 aromatic heterocycles. The number of rotatable bonds is 8. The van der Waals surface area contributed by atoms with E-state index in [0.717, 1.165) is 5.56 Å². The molecule has 0 amide bonds. The third-order valence-corrected chi connectivity index (χ3v) is 7.07. The quantitative estimate of drug-likeness (QED) is 0.328. The van der Waals surface area contributed by atoms with E-state index in [0.29, 0.717) is 12.3 Å². The normalized spacial score (nSPS) is 35.6. The van der Waals surface area contributed by atoms with Crippen LogP contribution in [-0.4, -0.2) is 91.1 Å². The second-order valence-electron chi connectivity index (χ2n) is 10.8. The standard InChI is InChI=1S/C28H35NO12/c1-14(30)35-20-13-34-21(25(37-16(3)32)23(20)36-15(2)31)18-11-19(41-29-18)22-24(33-12-17-9-7-6-8-10-17)26-27(38-22)40-28(4,5)39-26/h6-10,19-27H,11-13H2,1-5H3/t19-,20-,21+,22-,23+,24+,25+,26-,27-/m1/s1. The second-order valence-corrected chi connectivity index (χ2v) is 10.8. The van der Waals surface area contributed by atoms with Crippen LogP contribution in [0.3, 0.4) is 0 Å². The smallest absolute Gasteiger partial charge is 0.303 e. The number of fused-ring (bicyclic) bond motifs is 1. The van der Waals surface area contributed by atoms with Crippen LogP contribution in [0.4, 0.5) is 0 Å². The highest BCUT2D eigenvalue weighted by Gasteiger charge is 2.59. The molecule has 1 aromatic rings. The van der Waals surface area contributed by atoms with Gasteiger partial charge in [-0.3, -0.25) is 14.4 Å². The number of hydrogen-bond acceptors (Lipinski definition) is 13. The van der Waals surface area contributed by atoms with Crippen molar-refractivity contribution in [3.63, 3.8) is 0 Å². The zero-order valence-electron chi connectivity index (χ0n) is 23.6. The summed E-state index contributed by atoms with van der Waals surface area (Å²) in [5.74, 6) is -2.72. The molecule has 13 nitrogen and oxygen atoms in total. The predicted octanol–water partition coefficient (Wildman–Crippen LogP) is 1.79. The largest absolute Gasteiger partial charge is 0.456 e. The summed E-state index contributed by atoms with van der Waals surface area (Å²) in [5, 5.41) is 4.25. The summed E-state index contributed by atoms with van der Waals surface area (Å²) < 4.78 is 46.9. The first kappa shape index (κ1) is 29.4.